The fraction of sp³-hybridized carbons (Fsp3) is 0.952. The number of hydrogen-bond donors (Lipinski definition) is 1. The molecular weight excluding hydrogens is 296 g/mol. The van der Waals surface area contributed by atoms with Crippen LogP contribution in [0.15, 0.2) is 0 Å². The molecule has 1 unspecified atom stereocenters. The third-order valence-electron chi connectivity index (χ3n) is 5.50. The maximum absolute atomic E-state index is 11.1. The van der Waals surface area contributed by atoms with Crippen LogP contribution in [0.25, 0.3) is 0 Å². The molecule has 3 heteroatoms. The Morgan fingerprint density at radius 3 is 1.71 bits per heavy atom. The van der Waals surface area contributed by atoms with Crippen LogP contribution >= 0.6 is 0 Å². The Morgan fingerprint density at radius 1 is 0.833 bits per heavy atom. The van der Waals surface area contributed by atoms with E-state index in [1.165, 1.54) is 89.9 Å². The lowest BCUT2D eigenvalue weighted by Gasteiger charge is -2.14. The molecule has 142 valence electrons. The maximum Gasteiger partial charge on any atom is 0.221 e. The number of rotatable bonds is 16. The van der Waals surface area contributed by atoms with Gasteiger partial charge in [-0.3, -0.25) is 4.79 Å². The van der Waals surface area contributed by atoms with Gasteiger partial charge in [0.25, 0.3) is 0 Å². The van der Waals surface area contributed by atoms with Crippen LogP contribution in [0, 0.1) is 5.92 Å². The average Bonchev–Trinajstić information content (AvgIpc) is 3.04. The Morgan fingerprint density at radius 2 is 1.29 bits per heavy atom. The Bertz CT molecular complexity index is 306. The normalized spacial score (nSPS) is 18.3. The van der Waals surface area contributed by atoms with E-state index in [9.17, 15) is 4.79 Å². The quantitative estimate of drug-likeness (QED) is 0.389. The smallest absolute Gasteiger partial charge is 0.221 e. The molecule has 0 saturated carbocycles. The van der Waals surface area contributed by atoms with Crippen LogP contribution in [0.1, 0.15) is 103 Å². The van der Waals surface area contributed by atoms with Crippen LogP contribution in [0.4, 0.5) is 0 Å². The maximum atomic E-state index is 11.1. The van der Waals surface area contributed by atoms with Gasteiger partial charge in [-0.25, -0.2) is 0 Å². The minimum absolute atomic E-state index is 0.108. The van der Waals surface area contributed by atoms with E-state index in [0.29, 0.717) is 0 Å². The molecule has 1 rings (SSSR count). The first-order valence-electron chi connectivity index (χ1n) is 10.8. The molecule has 1 saturated heterocycles. The molecule has 3 nitrogen and oxygen atoms in total. The van der Waals surface area contributed by atoms with Crippen molar-refractivity contribution in [2.24, 2.45) is 11.7 Å². The van der Waals surface area contributed by atoms with Gasteiger partial charge < -0.3 is 10.6 Å². The molecule has 0 radical (unpaired) electrons. The standard InChI is InChI=1S/C21H42N2O/c1-2-3-4-5-6-7-8-9-10-11-12-13-14-15-17-23-18-16-20(19-23)21(22)24/h20H,2-19H2,1H3,(H2,22,24). The lowest BCUT2D eigenvalue weighted by atomic mass is 10.0. The Hall–Kier alpha value is -0.570. The molecular formula is C21H42N2O. The van der Waals surface area contributed by atoms with E-state index in [1.807, 2.05) is 0 Å². The van der Waals surface area contributed by atoms with Gasteiger partial charge in [-0.1, -0.05) is 90.4 Å². The predicted octanol–water partition coefficient (Wildman–Crippen LogP) is 5.27. The molecule has 0 aliphatic carbocycles. The van der Waals surface area contributed by atoms with Gasteiger partial charge in [0.05, 0.1) is 5.92 Å². The number of primary amides is 1. The van der Waals surface area contributed by atoms with Crippen LogP contribution in [0.5, 0.6) is 0 Å². The highest BCUT2D eigenvalue weighted by molar-refractivity contribution is 5.77. The molecule has 1 fully saturated rings. The summed E-state index contributed by atoms with van der Waals surface area (Å²) in [6, 6.07) is 0. The highest BCUT2D eigenvalue weighted by Crippen LogP contribution is 2.17. The topological polar surface area (TPSA) is 46.3 Å². The Kier molecular flexibility index (Phi) is 13.2. The van der Waals surface area contributed by atoms with Crippen molar-refractivity contribution >= 4 is 5.91 Å². The first-order chi connectivity index (χ1) is 11.7. The summed E-state index contributed by atoms with van der Waals surface area (Å²) in [7, 11) is 0. The number of likely N-dealkylation sites (tertiary alicyclic amines) is 1. The molecule has 1 amide bonds. The van der Waals surface area contributed by atoms with E-state index in [-0.39, 0.29) is 11.8 Å². The van der Waals surface area contributed by atoms with E-state index in [1.54, 1.807) is 0 Å². The summed E-state index contributed by atoms with van der Waals surface area (Å²) < 4.78 is 0. The highest BCUT2D eigenvalue weighted by Gasteiger charge is 2.25. The fourth-order valence-corrected chi connectivity index (χ4v) is 3.80. The monoisotopic (exact) mass is 338 g/mol. The fourth-order valence-electron chi connectivity index (χ4n) is 3.80. The van der Waals surface area contributed by atoms with Crippen LogP contribution in [-0.4, -0.2) is 30.4 Å². The summed E-state index contributed by atoms with van der Waals surface area (Å²) in [6.45, 7) is 5.40. The van der Waals surface area contributed by atoms with Crippen molar-refractivity contribution in [3.8, 4) is 0 Å². The molecule has 0 aromatic heterocycles. The Labute approximate surface area is 150 Å². The third-order valence-corrected chi connectivity index (χ3v) is 5.50. The molecule has 1 atom stereocenters. The predicted molar refractivity (Wildman–Crippen MR) is 104 cm³/mol. The molecule has 0 bridgehead atoms. The van der Waals surface area contributed by atoms with Crippen LogP contribution in [-0.2, 0) is 4.79 Å². The van der Waals surface area contributed by atoms with Gasteiger partial charge in [-0.2, -0.15) is 0 Å². The van der Waals surface area contributed by atoms with Crippen LogP contribution in [0.2, 0.25) is 0 Å². The average molecular weight is 339 g/mol. The van der Waals surface area contributed by atoms with Crippen molar-refractivity contribution in [3.05, 3.63) is 0 Å². The second-order valence-electron chi connectivity index (χ2n) is 7.78. The zero-order valence-electron chi connectivity index (χ0n) is 16.2. The van der Waals surface area contributed by atoms with Gasteiger partial charge in [0.1, 0.15) is 0 Å². The highest BCUT2D eigenvalue weighted by atomic mass is 16.1. The third kappa shape index (κ3) is 11.1. The van der Waals surface area contributed by atoms with Crippen molar-refractivity contribution in [3.63, 3.8) is 0 Å². The van der Waals surface area contributed by atoms with E-state index in [2.05, 4.69) is 11.8 Å². The summed E-state index contributed by atoms with van der Waals surface area (Å²) in [6.07, 6.45) is 20.7. The lowest BCUT2D eigenvalue weighted by Crippen LogP contribution is -2.27. The first-order valence-corrected chi connectivity index (χ1v) is 10.8. The molecule has 1 aliphatic heterocycles. The van der Waals surface area contributed by atoms with E-state index in [4.69, 9.17) is 5.73 Å². The van der Waals surface area contributed by atoms with Crippen LogP contribution in [0.3, 0.4) is 0 Å². The SMILES string of the molecule is CCCCCCCCCCCCCCCCN1CCC(C(N)=O)C1. The molecule has 2 N–H and O–H groups in total. The van der Waals surface area contributed by atoms with Crippen molar-refractivity contribution in [1.29, 1.82) is 0 Å². The van der Waals surface area contributed by atoms with E-state index < -0.39 is 0 Å². The first kappa shape index (κ1) is 21.5. The zero-order valence-corrected chi connectivity index (χ0v) is 16.2. The number of carbonyl (C=O) groups excluding carboxylic acids is 1. The molecule has 0 spiro atoms. The zero-order chi connectivity index (χ0) is 17.5. The van der Waals surface area contributed by atoms with Crippen LogP contribution < -0.4 is 5.73 Å². The summed E-state index contributed by atoms with van der Waals surface area (Å²) in [5.74, 6) is -0.00453. The Balaban J connectivity index is 1.74. The van der Waals surface area contributed by atoms with Crippen molar-refractivity contribution in [2.45, 2.75) is 103 Å². The largest absolute Gasteiger partial charge is 0.369 e. The number of amides is 1. The molecule has 0 aromatic carbocycles. The number of carbonyl (C=O) groups is 1. The molecule has 24 heavy (non-hydrogen) atoms. The van der Waals surface area contributed by atoms with Gasteiger partial charge in [0, 0.05) is 6.54 Å². The van der Waals surface area contributed by atoms with Crippen molar-refractivity contribution in [2.75, 3.05) is 19.6 Å². The van der Waals surface area contributed by atoms with Crippen molar-refractivity contribution in [1.82, 2.24) is 4.90 Å². The molecule has 1 aliphatic rings. The second-order valence-corrected chi connectivity index (χ2v) is 7.78. The number of unbranched alkanes of at least 4 members (excludes halogenated alkanes) is 13. The second kappa shape index (κ2) is 14.7. The van der Waals surface area contributed by atoms with Gasteiger partial charge in [0.15, 0.2) is 0 Å². The lowest BCUT2D eigenvalue weighted by molar-refractivity contribution is -0.121. The van der Waals surface area contributed by atoms with E-state index in [0.717, 1.165) is 26.1 Å². The summed E-state index contributed by atoms with van der Waals surface area (Å²) in [4.78, 5) is 13.6. The minimum atomic E-state index is -0.113. The number of hydrogen-bond acceptors (Lipinski definition) is 2. The number of nitrogens with zero attached hydrogens (tertiary/aromatic N) is 1. The molecule has 1 heterocycles. The summed E-state index contributed by atoms with van der Waals surface area (Å²) in [5.41, 5.74) is 5.37. The summed E-state index contributed by atoms with van der Waals surface area (Å²) in [5, 5.41) is 0. The van der Waals surface area contributed by atoms with Gasteiger partial charge in [-0.15, -0.1) is 0 Å². The van der Waals surface area contributed by atoms with Crippen molar-refractivity contribution < 1.29 is 4.79 Å². The van der Waals surface area contributed by atoms with E-state index >= 15 is 0 Å². The van der Waals surface area contributed by atoms with Gasteiger partial charge >= 0.3 is 0 Å². The van der Waals surface area contributed by atoms with Gasteiger partial charge in [0.2, 0.25) is 5.91 Å². The summed E-state index contributed by atoms with van der Waals surface area (Å²) >= 11 is 0. The van der Waals surface area contributed by atoms with Gasteiger partial charge in [-0.05, 0) is 25.9 Å². The number of nitrogens with two attached hydrogens (primary N) is 1. The minimum Gasteiger partial charge on any atom is -0.369 e. The molecule has 0 aromatic rings.